The minimum Gasteiger partial charge on any atom is -0.371 e. The number of epoxide rings is 1. The van der Waals surface area contributed by atoms with E-state index in [0.717, 1.165) is 13.2 Å². The summed E-state index contributed by atoms with van der Waals surface area (Å²) in [6.45, 7) is 6.93. The highest BCUT2D eigenvalue weighted by atomic mass is 16.7. The molecule has 0 N–H and O–H groups in total. The van der Waals surface area contributed by atoms with Crippen molar-refractivity contribution in [2.45, 2.75) is 20.0 Å². The lowest BCUT2D eigenvalue weighted by atomic mass is 10.2. The van der Waals surface area contributed by atoms with Crippen molar-refractivity contribution in [2.75, 3.05) is 26.6 Å². The Morgan fingerprint density at radius 2 is 2.18 bits per heavy atom. The van der Waals surface area contributed by atoms with E-state index in [4.69, 9.17) is 14.2 Å². The summed E-state index contributed by atoms with van der Waals surface area (Å²) in [6, 6.07) is 0. The SMILES string of the molecule is CC(C)COCOCC1CO1. The summed E-state index contributed by atoms with van der Waals surface area (Å²) in [5.74, 6) is 0.579. The molecule has 0 aromatic carbocycles. The molecule has 0 spiro atoms. The third-order valence-corrected chi connectivity index (χ3v) is 1.32. The maximum Gasteiger partial charge on any atom is 0.146 e. The Kier molecular flexibility index (Phi) is 3.83. The van der Waals surface area contributed by atoms with Gasteiger partial charge in [0, 0.05) is 0 Å². The molecule has 1 aliphatic heterocycles. The molecule has 11 heavy (non-hydrogen) atoms. The summed E-state index contributed by atoms with van der Waals surface area (Å²) in [7, 11) is 0. The van der Waals surface area contributed by atoms with E-state index >= 15 is 0 Å². The van der Waals surface area contributed by atoms with Crippen molar-refractivity contribution in [2.24, 2.45) is 5.92 Å². The number of ether oxygens (including phenoxy) is 3. The maximum atomic E-state index is 5.20. The van der Waals surface area contributed by atoms with E-state index in [1.807, 2.05) is 0 Å². The van der Waals surface area contributed by atoms with E-state index in [0.29, 0.717) is 25.4 Å². The summed E-state index contributed by atoms with van der Waals surface area (Å²) in [5, 5.41) is 0. The Morgan fingerprint density at radius 3 is 2.73 bits per heavy atom. The van der Waals surface area contributed by atoms with Crippen molar-refractivity contribution in [3.63, 3.8) is 0 Å². The van der Waals surface area contributed by atoms with E-state index in [1.165, 1.54) is 0 Å². The van der Waals surface area contributed by atoms with Crippen molar-refractivity contribution in [1.29, 1.82) is 0 Å². The molecule has 3 heteroatoms. The molecule has 0 aromatic rings. The molecule has 0 bridgehead atoms. The molecule has 1 aliphatic rings. The summed E-state index contributed by atoms with van der Waals surface area (Å²) >= 11 is 0. The highest BCUT2D eigenvalue weighted by molar-refractivity contribution is 4.66. The van der Waals surface area contributed by atoms with Crippen LogP contribution < -0.4 is 0 Å². The molecule has 1 heterocycles. The lowest BCUT2D eigenvalue weighted by Gasteiger charge is -2.06. The van der Waals surface area contributed by atoms with Gasteiger partial charge in [0.15, 0.2) is 0 Å². The Morgan fingerprint density at radius 1 is 1.45 bits per heavy atom. The van der Waals surface area contributed by atoms with Crippen LogP contribution >= 0.6 is 0 Å². The van der Waals surface area contributed by atoms with Gasteiger partial charge in [-0.15, -0.1) is 0 Å². The van der Waals surface area contributed by atoms with Crippen molar-refractivity contribution >= 4 is 0 Å². The van der Waals surface area contributed by atoms with Crippen LogP contribution in [-0.4, -0.2) is 32.7 Å². The molecule has 1 fully saturated rings. The number of hydrogen-bond donors (Lipinski definition) is 0. The molecule has 0 radical (unpaired) electrons. The Balaban J connectivity index is 1.73. The zero-order valence-corrected chi connectivity index (χ0v) is 7.21. The predicted octanol–water partition coefficient (Wildman–Crippen LogP) is 1.03. The standard InChI is InChI=1S/C8H16O3/c1-7(2)3-9-6-10-4-8-5-11-8/h7-8H,3-6H2,1-2H3. The Labute approximate surface area is 67.6 Å². The van der Waals surface area contributed by atoms with Crippen molar-refractivity contribution in [3.8, 4) is 0 Å². The molecule has 1 unspecified atom stereocenters. The molecule has 0 aromatic heterocycles. The molecule has 3 nitrogen and oxygen atoms in total. The smallest absolute Gasteiger partial charge is 0.146 e. The summed E-state index contributed by atoms with van der Waals surface area (Å²) in [6.07, 6.45) is 0.345. The second-order valence-electron chi connectivity index (χ2n) is 3.21. The van der Waals surface area contributed by atoms with Gasteiger partial charge >= 0.3 is 0 Å². The van der Waals surface area contributed by atoms with E-state index in [-0.39, 0.29) is 0 Å². The first-order chi connectivity index (χ1) is 5.29. The maximum absolute atomic E-state index is 5.20. The number of rotatable bonds is 6. The van der Waals surface area contributed by atoms with E-state index in [2.05, 4.69) is 13.8 Å². The van der Waals surface area contributed by atoms with Crippen LogP contribution in [0.15, 0.2) is 0 Å². The van der Waals surface area contributed by atoms with Gasteiger partial charge < -0.3 is 14.2 Å². The molecule has 1 rings (SSSR count). The molecule has 0 amide bonds. The minimum absolute atomic E-state index is 0.345. The van der Waals surface area contributed by atoms with Gasteiger partial charge in [-0.05, 0) is 5.92 Å². The van der Waals surface area contributed by atoms with Gasteiger partial charge in [-0.2, -0.15) is 0 Å². The first-order valence-corrected chi connectivity index (χ1v) is 4.06. The van der Waals surface area contributed by atoms with Crippen LogP contribution in [0.4, 0.5) is 0 Å². The quantitative estimate of drug-likeness (QED) is 0.330. The Bertz CT molecular complexity index is 95.5. The van der Waals surface area contributed by atoms with Gasteiger partial charge in [0.2, 0.25) is 0 Å². The van der Waals surface area contributed by atoms with Crippen molar-refractivity contribution in [3.05, 3.63) is 0 Å². The fraction of sp³-hybridized carbons (Fsp3) is 1.00. The minimum atomic E-state index is 0.345. The largest absolute Gasteiger partial charge is 0.371 e. The molecule has 1 saturated heterocycles. The lowest BCUT2D eigenvalue weighted by molar-refractivity contribution is -0.0649. The first kappa shape index (κ1) is 8.97. The van der Waals surface area contributed by atoms with Crippen LogP contribution in [0, 0.1) is 5.92 Å². The third kappa shape index (κ3) is 5.18. The summed E-state index contributed by atoms with van der Waals surface area (Å²) in [4.78, 5) is 0. The monoisotopic (exact) mass is 160 g/mol. The third-order valence-electron chi connectivity index (χ3n) is 1.32. The van der Waals surface area contributed by atoms with Gasteiger partial charge in [-0.3, -0.25) is 0 Å². The lowest BCUT2D eigenvalue weighted by Crippen LogP contribution is -2.09. The van der Waals surface area contributed by atoms with Crippen molar-refractivity contribution < 1.29 is 14.2 Å². The molecule has 0 saturated carbocycles. The summed E-state index contributed by atoms with van der Waals surface area (Å²) in [5.41, 5.74) is 0. The van der Waals surface area contributed by atoms with Gasteiger partial charge in [-0.25, -0.2) is 0 Å². The molecule has 0 aliphatic carbocycles. The van der Waals surface area contributed by atoms with E-state index in [1.54, 1.807) is 0 Å². The highest BCUT2D eigenvalue weighted by Gasteiger charge is 2.21. The molecular formula is C8H16O3. The van der Waals surface area contributed by atoms with Crippen LogP contribution in [0.2, 0.25) is 0 Å². The molecular weight excluding hydrogens is 144 g/mol. The Hall–Kier alpha value is -0.120. The van der Waals surface area contributed by atoms with Gasteiger partial charge in [0.25, 0.3) is 0 Å². The van der Waals surface area contributed by atoms with Gasteiger partial charge in [-0.1, -0.05) is 13.8 Å². The van der Waals surface area contributed by atoms with Crippen LogP contribution in [0.1, 0.15) is 13.8 Å². The normalized spacial score (nSPS) is 22.6. The molecule has 1 atom stereocenters. The first-order valence-electron chi connectivity index (χ1n) is 4.06. The van der Waals surface area contributed by atoms with Crippen LogP contribution in [0.25, 0.3) is 0 Å². The van der Waals surface area contributed by atoms with Crippen LogP contribution in [-0.2, 0) is 14.2 Å². The average Bonchev–Trinajstić information content (AvgIpc) is 2.70. The van der Waals surface area contributed by atoms with Crippen molar-refractivity contribution in [1.82, 2.24) is 0 Å². The zero-order valence-electron chi connectivity index (χ0n) is 7.21. The summed E-state index contributed by atoms with van der Waals surface area (Å²) < 4.78 is 15.3. The fourth-order valence-corrected chi connectivity index (χ4v) is 0.687. The second kappa shape index (κ2) is 4.70. The predicted molar refractivity (Wildman–Crippen MR) is 41.3 cm³/mol. The highest BCUT2D eigenvalue weighted by Crippen LogP contribution is 2.08. The van der Waals surface area contributed by atoms with E-state index in [9.17, 15) is 0 Å². The zero-order chi connectivity index (χ0) is 8.10. The van der Waals surface area contributed by atoms with Crippen LogP contribution in [0.5, 0.6) is 0 Å². The topological polar surface area (TPSA) is 31.0 Å². The van der Waals surface area contributed by atoms with Gasteiger partial charge in [0.1, 0.15) is 12.9 Å². The van der Waals surface area contributed by atoms with Gasteiger partial charge in [0.05, 0.1) is 19.8 Å². The van der Waals surface area contributed by atoms with Crippen LogP contribution in [0.3, 0.4) is 0 Å². The number of hydrogen-bond acceptors (Lipinski definition) is 3. The average molecular weight is 160 g/mol. The molecule has 66 valence electrons. The fourth-order valence-electron chi connectivity index (χ4n) is 0.687. The second-order valence-corrected chi connectivity index (χ2v) is 3.21. The van der Waals surface area contributed by atoms with E-state index < -0.39 is 0 Å².